The van der Waals surface area contributed by atoms with Crippen molar-refractivity contribution in [3.05, 3.63) is 23.8 Å². The van der Waals surface area contributed by atoms with Crippen LogP contribution in [-0.2, 0) is 4.79 Å². The van der Waals surface area contributed by atoms with Crippen molar-refractivity contribution < 1.29 is 4.79 Å². The van der Waals surface area contributed by atoms with Gasteiger partial charge >= 0.3 is 0 Å². The van der Waals surface area contributed by atoms with Crippen molar-refractivity contribution in [2.24, 2.45) is 22.2 Å². The molecule has 0 amide bonds. The first-order valence-electron chi connectivity index (χ1n) is 8.72. The van der Waals surface area contributed by atoms with Crippen LogP contribution in [0, 0.1) is 22.2 Å². The van der Waals surface area contributed by atoms with Gasteiger partial charge in [-0.25, -0.2) is 0 Å². The van der Waals surface area contributed by atoms with Gasteiger partial charge in [0.2, 0.25) is 0 Å². The van der Waals surface area contributed by atoms with Gasteiger partial charge in [-0.05, 0) is 56.3 Å². The van der Waals surface area contributed by atoms with E-state index in [1.165, 1.54) is 51.2 Å². The van der Waals surface area contributed by atoms with Crippen LogP contribution in [0.25, 0.3) is 0 Å². The highest BCUT2D eigenvalue weighted by Crippen LogP contribution is 2.63. The van der Waals surface area contributed by atoms with E-state index in [1.807, 2.05) is 0 Å². The largest absolute Gasteiger partial charge is 0.303 e. The van der Waals surface area contributed by atoms with Gasteiger partial charge in [0.05, 0.1) is 0 Å². The zero-order valence-corrected chi connectivity index (χ0v) is 14.0. The molecule has 1 heteroatoms. The van der Waals surface area contributed by atoms with Crippen LogP contribution in [0.5, 0.6) is 0 Å². The minimum Gasteiger partial charge on any atom is -0.303 e. The van der Waals surface area contributed by atoms with E-state index >= 15 is 0 Å². The number of hydrogen-bond donors (Lipinski definition) is 0. The number of aldehydes is 1. The van der Waals surface area contributed by atoms with Crippen LogP contribution in [0.15, 0.2) is 23.8 Å². The van der Waals surface area contributed by atoms with Crippen LogP contribution in [-0.4, -0.2) is 6.29 Å². The molecule has 3 rings (SSSR count). The van der Waals surface area contributed by atoms with E-state index in [4.69, 9.17) is 0 Å². The predicted molar refractivity (Wildman–Crippen MR) is 88.0 cm³/mol. The summed E-state index contributed by atoms with van der Waals surface area (Å²) in [6, 6.07) is 0. The molecule has 0 radical (unpaired) electrons. The van der Waals surface area contributed by atoms with Crippen molar-refractivity contribution in [3.63, 3.8) is 0 Å². The normalized spacial score (nSPS) is 46.5. The second-order valence-electron chi connectivity index (χ2n) is 8.42. The highest BCUT2D eigenvalue weighted by atomic mass is 16.1. The van der Waals surface area contributed by atoms with Gasteiger partial charge in [-0.15, -0.1) is 6.58 Å². The van der Waals surface area contributed by atoms with Gasteiger partial charge in [-0.1, -0.05) is 44.4 Å². The molecule has 0 bridgehead atoms. The molecule has 21 heavy (non-hydrogen) atoms. The van der Waals surface area contributed by atoms with Crippen LogP contribution in [0.3, 0.4) is 0 Å². The molecule has 0 aromatic carbocycles. The minimum absolute atomic E-state index is 0.104. The number of carbonyl (C=O) groups excluding carboxylic acids is 1. The second kappa shape index (κ2) is 4.83. The molecule has 0 aromatic rings. The summed E-state index contributed by atoms with van der Waals surface area (Å²) in [5.74, 6) is 0.544. The van der Waals surface area contributed by atoms with Crippen molar-refractivity contribution in [1.82, 2.24) is 0 Å². The molecule has 0 aliphatic heterocycles. The lowest BCUT2D eigenvalue weighted by Crippen LogP contribution is -2.49. The van der Waals surface area contributed by atoms with Crippen molar-refractivity contribution in [1.29, 1.82) is 0 Å². The number of hydrogen-bond acceptors (Lipinski definition) is 1. The van der Waals surface area contributed by atoms with Crippen LogP contribution in [0.4, 0.5) is 0 Å². The molecule has 3 aliphatic rings. The maximum atomic E-state index is 11.8. The lowest BCUT2D eigenvalue weighted by atomic mass is 9.47. The van der Waals surface area contributed by atoms with Crippen molar-refractivity contribution in [3.8, 4) is 0 Å². The molecule has 1 unspecified atom stereocenters. The molecule has 4 atom stereocenters. The summed E-state index contributed by atoms with van der Waals surface area (Å²) in [5.41, 5.74) is 3.74. The van der Waals surface area contributed by atoms with Crippen LogP contribution in [0.2, 0.25) is 0 Å². The Kier molecular flexibility index (Phi) is 3.46. The van der Waals surface area contributed by atoms with Crippen LogP contribution < -0.4 is 0 Å². The molecule has 1 nitrogen and oxygen atoms in total. The average Bonchev–Trinajstić information content (AvgIpc) is 2.48. The van der Waals surface area contributed by atoms with Gasteiger partial charge in [0, 0.05) is 10.8 Å². The van der Waals surface area contributed by atoms with Crippen molar-refractivity contribution in [2.45, 2.75) is 72.1 Å². The summed E-state index contributed by atoms with van der Waals surface area (Å²) in [4.78, 5) is 11.8. The topological polar surface area (TPSA) is 17.1 Å². The van der Waals surface area contributed by atoms with E-state index in [0.29, 0.717) is 5.92 Å². The first-order chi connectivity index (χ1) is 9.89. The Morgan fingerprint density at radius 3 is 2.48 bits per heavy atom. The molecule has 3 aliphatic carbocycles. The fraction of sp³-hybridized carbons (Fsp3) is 0.750. The number of allylic oxidation sites excluding steroid dienone is 3. The molecule has 0 heterocycles. The summed E-state index contributed by atoms with van der Waals surface area (Å²) in [6.45, 7) is 11.2. The van der Waals surface area contributed by atoms with E-state index in [1.54, 1.807) is 11.1 Å². The Bertz CT molecular complexity index is 502. The summed E-state index contributed by atoms with van der Waals surface area (Å²) in [7, 11) is 0. The van der Waals surface area contributed by atoms with Crippen molar-refractivity contribution in [2.75, 3.05) is 0 Å². The maximum Gasteiger partial charge on any atom is 0.126 e. The smallest absolute Gasteiger partial charge is 0.126 e. The molecule has 0 aromatic heterocycles. The lowest BCUT2D eigenvalue weighted by Gasteiger charge is -2.57. The minimum atomic E-state index is -0.104. The molecular weight excluding hydrogens is 256 g/mol. The SMILES string of the molecule is C=C[C@@]1(C)CCCC2=C1CCC1[C@@]2(C)CCC[C@@]1(C)C=O. The molecule has 116 valence electrons. The number of fused-ring (bicyclic) bond motifs is 2. The van der Waals surface area contributed by atoms with E-state index < -0.39 is 0 Å². The fourth-order valence-electron chi connectivity index (χ4n) is 5.92. The van der Waals surface area contributed by atoms with E-state index in [0.717, 1.165) is 6.42 Å². The Morgan fingerprint density at radius 2 is 1.81 bits per heavy atom. The first-order valence-corrected chi connectivity index (χ1v) is 8.72. The summed E-state index contributed by atoms with van der Waals surface area (Å²) >= 11 is 0. The first kappa shape index (κ1) is 15.1. The Hall–Kier alpha value is -0.850. The third-order valence-corrected chi connectivity index (χ3v) is 7.25. The highest BCUT2D eigenvalue weighted by Gasteiger charge is 2.54. The number of rotatable bonds is 2. The van der Waals surface area contributed by atoms with Gasteiger partial charge < -0.3 is 4.79 Å². The Balaban J connectivity index is 2.10. The molecule has 0 saturated heterocycles. The van der Waals surface area contributed by atoms with E-state index in [-0.39, 0.29) is 16.2 Å². The molecule has 1 saturated carbocycles. The van der Waals surface area contributed by atoms with E-state index in [2.05, 4.69) is 33.4 Å². The van der Waals surface area contributed by atoms with Gasteiger partial charge in [-0.2, -0.15) is 0 Å². The molecule has 0 spiro atoms. The van der Waals surface area contributed by atoms with Gasteiger partial charge in [-0.3, -0.25) is 0 Å². The summed E-state index contributed by atoms with van der Waals surface area (Å²) < 4.78 is 0. The van der Waals surface area contributed by atoms with Gasteiger partial charge in [0.15, 0.2) is 0 Å². The van der Waals surface area contributed by atoms with Gasteiger partial charge in [0.25, 0.3) is 0 Å². The quantitative estimate of drug-likeness (QED) is 0.486. The standard InChI is InChI=1S/C20H30O/c1-5-18(2)11-6-8-16-15(18)9-10-17-19(3,14-21)12-7-13-20(16,17)4/h5,14,17H,1,6-13H2,2-4H3/t17?,18-,19-,20-/m0/s1. The maximum absolute atomic E-state index is 11.8. The fourth-order valence-corrected chi connectivity index (χ4v) is 5.92. The summed E-state index contributed by atoms with van der Waals surface area (Å²) in [6.07, 6.45) is 13.2. The zero-order chi connectivity index (χ0) is 15.3. The Morgan fingerprint density at radius 1 is 1.05 bits per heavy atom. The molecule has 0 N–H and O–H groups in total. The van der Waals surface area contributed by atoms with E-state index in [9.17, 15) is 4.79 Å². The molecule has 1 fully saturated rings. The van der Waals surface area contributed by atoms with Crippen LogP contribution >= 0.6 is 0 Å². The average molecular weight is 286 g/mol. The monoisotopic (exact) mass is 286 g/mol. The lowest BCUT2D eigenvalue weighted by molar-refractivity contribution is -0.125. The summed E-state index contributed by atoms with van der Waals surface area (Å²) in [5, 5.41) is 0. The molecular formula is C20H30O. The third kappa shape index (κ3) is 1.99. The van der Waals surface area contributed by atoms with Gasteiger partial charge in [0.1, 0.15) is 6.29 Å². The highest BCUT2D eigenvalue weighted by molar-refractivity contribution is 5.60. The second-order valence-corrected chi connectivity index (χ2v) is 8.42. The number of carbonyl (C=O) groups is 1. The Labute approximate surface area is 129 Å². The van der Waals surface area contributed by atoms with Crippen molar-refractivity contribution >= 4 is 6.29 Å². The van der Waals surface area contributed by atoms with Crippen LogP contribution in [0.1, 0.15) is 72.1 Å². The zero-order valence-electron chi connectivity index (χ0n) is 14.0. The third-order valence-electron chi connectivity index (χ3n) is 7.25. The predicted octanol–water partition coefficient (Wildman–Crippen LogP) is 5.46.